The molecule has 4 N–H and O–H groups in total. The quantitative estimate of drug-likeness (QED) is 0.128. The minimum atomic E-state index is -3.86. The Kier molecular flexibility index (Phi) is 9.69. The van der Waals surface area contributed by atoms with E-state index in [4.69, 9.17) is 5.73 Å². The van der Waals surface area contributed by atoms with Gasteiger partial charge in [0.25, 0.3) is 5.56 Å². The molecule has 0 saturated carbocycles. The average molecular weight is 545 g/mol. The molecule has 0 saturated heterocycles. The first-order chi connectivity index (χ1) is 17.6. The maximum absolute atomic E-state index is 12.9. The van der Waals surface area contributed by atoms with Crippen molar-refractivity contribution in [1.82, 2.24) is 14.9 Å². The predicted molar refractivity (Wildman–Crippen MR) is 143 cm³/mol. The van der Waals surface area contributed by atoms with Crippen LogP contribution in [-0.4, -0.2) is 48.1 Å². The third-order valence-corrected chi connectivity index (χ3v) is 7.14. The maximum atomic E-state index is 12.9. The van der Waals surface area contributed by atoms with Crippen molar-refractivity contribution in [3.63, 3.8) is 0 Å². The number of nitrogens with two attached hydrogens (primary N) is 1. The highest BCUT2D eigenvalue weighted by Crippen LogP contribution is 2.12. The Labute approximate surface area is 218 Å². The van der Waals surface area contributed by atoms with E-state index < -0.39 is 34.1 Å². The highest BCUT2D eigenvalue weighted by Gasteiger charge is 2.24. The molecular weight excluding hydrogens is 516 g/mol. The summed E-state index contributed by atoms with van der Waals surface area (Å²) in [6.45, 7) is 1.65. The van der Waals surface area contributed by atoms with Crippen LogP contribution in [0.4, 0.5) is 5.69 Å². The van der Waals surface area contributed by atoms with Gasteiger partial charge in [-0.05, 0) is 37.5 Å². The van der Waals surface area contributed by atoms with Gasteiger partial charge in [-0.1, -0.05) is 30.3 Å². The van der Waals surface area contributed by atoms with Gasteiger partial charge in [-0.2, -0.15) is 0 Å². The predicted octanol–water partition coefficient (Wildman–Crippen LogP) is 1.77. The summed E-state index contributed by atoms with van der Waals surface area (Å²) >= 11 is 1.16. The number of hydrogen-bond donors (Lipinski definition) is 3. The second kappa shape index (κ2) is 12.9. The van der Waals surface area contributed by atoms with Gasteiger partial charge in [0.05, 0.1) is 17.6 Å². The van der Waals surface area contributed by atoms with Gasteiger partial charge >= 0.3 is 0 Å². The van der Waals surface area contributed by atoms with Gasteiger partial charge < -0.3 is 15.6 Å². The molecule has 1 atom stereocenters. The van der Waals surface area contributed by atoms with E-state index in [9.17, 15) is 22.8 Å². The lowest BCUT2D eigenvalue weighted by atomic mass is 10.1. The van der Waals surface area contributed by atoms with E-state index in [0.29, 0.717) is 30.8 Å². The lowest BCUT2D eigenvalue weighted by Crippen LogP contribution is -2.43. The fourth-order valence-corrected chi connectivity index (χ4v) is 5.27. The van der Waals surface area contributed by atoms with Crippen LogP contribution in [0.1, 0.15) is 35.1 Å². The van der Waals surface area contributed by atoms with Crippen LogP contribution in [0.15, 0.2) is 70.0 Å². The first-order valence-corrected chi connectivity index (χ1v) is 13.9. The molecule has 0 unspecified atom stereocenters. The number of amidine groups is 1. The fourth-order valence-electron chi connectivity index (χ4n) is 3.44. The number of nitrogens with zero attached hydrogens (tertiary/aromatic N) is 3. The number of sulfonamides is 1. The van der Waals surface area contributed by atoms with Crippen LogP contribution in [0, 0.1) is 0 Å². The molecule has 3 aromatic rings. The molecule has 1 amide bonds. The van der Waals surface area contributed by atoms with Gasteiger partial charge in [-0.3, -0.25) is 24.1 Å². The zero-order valence-electron chi connectivity index (χ0n) is 20.2. The van der Waals surface area contributed by atoms with Crippen molar-refractivity contribution in [2.24, 2.45) is 10.7 Å². The number of hydrogen-bond acceptors (Lipinski definition) is 8. The summed E-state index contributed by atoms with van der Waals surface area (Å²) in [5.74, 6) is -0.812. The van der Waals surface area contributed by atoms with E-state index >= 15 is 0 Å². The van der Waals surface area contributed by atoms with Crippen LogP contribution in [0.5, 0.6) is 0 Å². The van der Waals surface area contributed by atoms with Crippen LogP contribution >= 0.6 is 11.3 Å². The van der Waals surface area contributed by atoms with E-state index in [-0.39, 0.29) is 22.2 Å². The summed E-state index contributed by atoms with van der Waals surface area (Å²) in [6, 6.07) is 10.5. The fraction of sp³-hybridized carbons (Fsp3) is 0.292. The van der Waals surface area contributed by atoms with Crippen LogP contribution in [0.3, 0.4) is 0 Å². The summed E-state index contributed by atoms with van der Waals surface area (Å²) in [6.07, 6.45) is 3.67. The van der Waals surface area contributed by atoms with Crippen molar-refractivity contribution in [1.29, 1.82) is 0 Å². The molecule has 2 heterocycles. The van der Waals surface area contributed by atoms with Crippen LogP contribution in [0.25, 0.3) is 0 Å². The number of aliphatic imine (C=N–C) groups is 1. The Bertz CT molecular complexity index is 1400. The number of carbonyl (C=O) groups excluding carboxylic acids is 2. The second-order valence-electron chi connectivity index (χ2n) is 8.19. The normalized spacial score (nSPS) is 12.6. The number of nitrogens with one attached hydrogen (secondary N) is 2. The standard InChI is InChI=1S/C24H28N6O5S2/c1-17(25)26-11-5-9-19(22(32)23-27-12-14-36-23)28-21(31)15-30-13-6-10-20(24(30)33)29-37(34,35)16-18-7-3-2-4-8-18/h2-4,6-8,10,12-14,19,29H,5,9,11,15-16H2,1H3,(H2,25,26)(H,28,31)/t19-/m0/s1. The molecule has 11 nitrogen and oxygen atoms in total. The average Bonchev–Trinajstić information content (AvgIpc) is 3.38. The number of aromatic nitrogens is 2. The van der Waals surface area contributed by atoms with Gasteiger partial charge in [-0.25, -0.2) is 13.4 Å². The summed E-state index contributed by atoms with van der Waals surface area (Å²) in [4.78, 5) is 46.7. The van der Waals surface area contributed by atoms with Crippen LogP contribution < -0.4 is 21.3 Å². The Balaban J connectivity index is 1.69. The van der Waals surface area contributed by atoms with E-state index in [1.807, 2.05) is 0 Å². The molecule has 0 aliphatic carbocycles. The SMILES string of the molecule is CC(N)=NCCC[C@H](NC(=O)Cn1cccc(NS(=O)(=O)Cc2ccccc2)c1=O)C(=O)c1nccs1. The lowest BCUT2D eigenvalue weighted by Gasteiger charge is -2.17. The summed E-state index contributed by atoms with van der Waals surface area (Å²) < 4.78 is 28.5. The Morgan fingerprint density at radius 2 is 1.95 bits per heavy atom. The number of anilines is 1. The Morgan fingerprint density at radius 1 is 1.19 bits per heavy atom. The number of amides is 1. The van der Waals surface area contributed by atoms with Crippen LogP contribution in [-0.2, 0) is 27.1 Å². The summed E-state index contributed by atoms with van der Waals surface area (Å²) in [5, 5.41) is 4.59. The van der Waals surface area contributed by atoms with Crippen molar-refractivity contribution in [2.45, 2.75) is 38.1 Å². The zero-order valence-corrected chi connectivity index (χ0v) is 21.8. The summed E-state index contributed by atoms with van der Waals surface area (Å²) in [7, 11) is -3.86. The van der Waals surface area contributed by atoms with Crippen LogP contribution in [0.2, 0.25) is 0 Å². The van der Waals surface area contributed by atoms with Gasteiger partial charge in [0.2, 0.25) is 21.7 Å². The highest BCUT2D eigenvalue weighted by molar-refractivity contribution is 7.91. The zero-order chi connectivity index (χ0) is 26.8. The van der Waals surface area contributed by atoms with E-state index in [2.05, 4.69) is 20.0 Å². The maximum Gasteiger partial charge on any atom is 0.275 e. The molecule has 0 fully saturated rings. The van der Waals surface area contributed by atoms with Crippen molar-refractivity contribution >= 4 is 44.6 Å². The molecule has 1 aromatic carbocycles. The molecule has 0 bridgehead atoms. The molecule has 0 radical (unpaired) electrons. The van der Waals surface area contributed by atoms with Gasteiger partial charge in [0.1, 0.15) is 12.2 Å². The Morgan fingerprint density at radius 3 is 2.62 bits per heavy atom. The number of pyridine rings is 1. The van der Waals surface area contributed by atoms with Gasteiger partial charge in [0.15, 0.2) is 5.01 Å². The van der Waals surface area contributed by atoms with E-state index in [0.717, 1.165) is 15.9 Å². The number of ketones is 1. The largest absolute Gasteiger partial charge is 0.388 e. The first kappa shape index (κ1) is 27.7. The lowest BCUT2D eigenvalue weighted by molar-refractivity contribution is -0.122. The van der Waals surface area contributed by atoms with Crippen molar-refractivity contribution < 1.29 is 18.0 Å². The van der Waals surface area contributed by atoms with Gasteiger partial charge in [0, 0.05) is 24.3 Å². The number of Topliss-reactive ketones (excluding diaryl/α,β-unsaturated/α-hetero) is 1. The summed E-state index contributed by atoms with van der Waals surface area (Å²) in [5.41, 5.74) is 5.24. The van der Waals surface area contributed by atoms with Gasteiger partial charge in [-0.15, -0.1) is 11.3 Å². The highest BCUT2D eigenvalue weighted by atomic mass is 32.2. The van der Waals surface area contributed by atoms with Crippen molar-refractivity contribution in [3.05, 3.63) is 81.2 Å². The minimum absolute atomic E-state index is 0.184. The smallest absolute Gasteiger partial charge is 0.275 e. The monoisotopic (exact) mass is 544 g/mol. The number of carbonyl (C=O) groups is 2. The minimum Gasteiger partial charge on any atom is -0.388 e. The molecule has 0 aliphatic rings. The third-order valence-electron chi connectivity index (χ3n) is 5.11. The Hall–Kier alpha value is -3.84. The molecule has 0 aliphatic heterocycles. The number of benzene rings is 1. The third kappa shape index (κ3) is 8.65. The number of thiazole rings is 1. The molecule has 3 rings (SSSR count). The number of rotatable bonds is 13. The topological polar surface area (TPSA) is 166 Å². The van der Waals surface area contributed by atoms with Crippen molar-refractivity contribution in [2.75, 3.05) is 11.3 Å². The molecule has 0 spiro atoms. The molecule has 37 heavy (non-hydrogen) atoms. The van der Waals surface area contributed by atoms with Crippen molar-refractivity contribution in [3.8, 4) is 0 Å². The van der Waals surface area contributed by atoms with E-state index in [1.165, 1.54) is 24.5 Å². The second-order valence-corrected chi connectivity index (χ2v) is 10.8. The molecule has 2 aromatic heterocycles. The first-order valence-electron chi connectivity index (χ1n) is 11.4. The molecule has 196 valence electrons. The molecule has 13 heteroatoms. The van der Waals surface area contributed by atoms with E-state index in [1.54, 1.807) is 42.6 Å². The molecular formula is C24H28N6O5S2.